The quantitative estimate of drug-likeness (QED) is 0.633. The summed E-state index contributed by atoms with van der Waals surface area (Å²) in [5.74, 6) is 0.835. The normalized spacial score (nSPS) is 12.3. The molecule has 8 heteroatoms. The molecule has 6 nitrogen and oxygen atoms in total. The summed E-state index contributed by atoms with van der Waals surface area (Å²) in [6.07, 6.45) is 0. The van der Waals surface area contributed by atoms with Crippen molar-refractivity contribution in [1.82, 2.24) is 5.32 Å². The van der Waals surface area contributed by atoms with E-state index >= 15 is 0 Å². The van der Waals surface area contributed by atoms with Gasteiger partial charge in [-0.2, -0.15) is 0 Å². The van der Waals surface area contributed by atoms with Gasteiger partial charge in [-0.3, -0.25) is 9.59 Å². The number of thiophene rings is 1. The van der Waals surface area contributed by atoms with Crippen molar-refractivity contribution in [1.29, 1.82) is 0 Å². The Morgan fingerprint density at radius 3 is 2.62 bits per heavy atom. The van der Waals surface area contributed by atoms with E-state index < -0.39 is 0 Å². The second kappa shape index (κ2) is 8.55. The summed E-state index contributed by atoms with van der Waals surface area (Å²) in [5.41, 5.74) is 1.67. The molecule has 0 spiro atoms. The maximum absolute atomic E-state index is 12.6. The average Bonchev–Trinajstić information content (AvgIpc) is 3.28. The number of fused-ring (bicyclic) bond motifs is 1. The van der Waals surface area contributed by atoms with E-state index in [4.69, 9.17) is 21.1 Å². The Hall–Kier alpha value is -3.03. The van der Waals surface area contributed by atoms with Gasteiger partial charge in [0.2, 0.25) is 0 Å². The summed E-state index contributed by atoms with van der Waals surface area (Å²) in [6.45, 7) is 1.37. The van der Waals surface area contributed by atoms with E-state index in [1.807, 2.05) is 23.6 Å². The predicted octanol–water partition coefficient (Wildman–Crippen LogP) is 4.36. The minimum atomic E-state index is -0.275. The van der Waals surface area contributed by atoms with Crippen molar-refractivity contribution in [2.24, 2.45) is 0 Å². The Morgan fingerprint density at radius 1 is 1.00 bits per heavy atom. The molecule has 0 saturated heterocycles. The van der Waals surface area contributed by atoms with Gasteiger partial charge in [0, 0.05) is 12.1 Å². The van der Waals surface area contributed by atoms with Gasteiger partial charge >= 0.3 is 0 Å². The summed E-state index contributed by atoms with van der Waals surface area (Å²) in [4.78, 5) is 25.4. The van der Waals surface area contributed by atoms with Crippen molar-refractivity contribution in [2.45, 2.75) is 6.54 Å². The summed E-state index contributed by atoms with van der Waals surface area (Å²) in [6, 6.07) is 13.8. The van der Waals surface area contributed by atoms with Crippen LogP contribution >= 0.6 is 22.9 Å². The van der Waals surface area contributed by atoms with Gasteiger partial charge < -0.3 is 20.1 Å². The molecule has 1 aliphatic heterocycles. The molecule has 2 N–H and O–H groups in total. The van der Waals surface area contributed by atoms with Crippen LogP contribution in [0.25, 0.3) is 0 Å². The first-order valence-electron chi connectivity index (χ1n) is 8.91. The van der Waals surface area contributed by atoms with Crippen LogP contribution in [-0.4, -0.2) is 25.0 Å². The zero-order chi connectivity index (χ0) is 20.2. The zero-order valence-corrected chi connectivity index (χ0v) is 16.8. The van der Waals surface area contributed by atoms with Gasteiger partial charge in [-0.1, -0.05) is 23.7 Å². The molecule has 2 aromatic carbocycles. The minimum absolute atomic E-state index is 0.268. The molecular weight excluding hydrogens is 412 g/mol. The van der Waals surface area contributed by atoms with Crippen molar-refractivity contribution >= 4 is 40.4 Å². The highest BCUT2D eigenvalue weighted by atomic mass is 35.5. The number of carbonyl (C=O) groups excluding carboxylic acids is 2. The first kappa shape index (κ1) is 19.3. The maximum atomic E-state index is 12.6. The van der Waals surface area contributed by atoms with E-state index in [1.165, 1.54) is 11.3 Å². The van der Waals surface area contributed by atoms with Gasteiger partial charge in [0.05, 0.1) is 15.6 Å². The Morgan fingerprint density at radius 2 is 1.83 bits per heavy atom. The van der Waals surface area contributed by atoms with Gasteiger partial charge in [0.25, 0.3) is 11.8 Å². The number of carbonyl (C=O) groups is 2. The zero-order valence-electron chi connectivity index (χ0n) is 15.2. The molecule has 0 radical (unpaired) electrons. The highest BCUT2D eigenvalue weighted by Gasteiger charge is 2.14. The fourth-order valence-corrected chi connectivity index (χ4v) is 3.62. The van der Waals surface area contributed by atoms with Crippen molar-refractivity contribution in [3.63, 3.8) is 0 Å². The fraction of sp³-hybridized carbons (Fsp3) is 0.143. The van der Waals surface area contributed by atoms with E-state index in [9.17, 15) is 9.59 Å². The average molecular weight is 429 g/mol. The molecule has 2 heterocycles. The molecule has 0 saturated carbocycles. The summed E-state index contributed by atoms with van der Waals surface area (Å²) in [7, 11) is 0. The second-order valence-corrected chi connectivity index (χ2v) is 7.64. The molecule has 29 heavy (non-hydrogen) atoms. The Bertz CT molecular complexity index is 1050. The molecule has 148 valence electrons. The molecule has 3 aromatic rings. The number of ether oxygens (including phenoxy) is 2. The van der Waals surface area contributed by atoms with E-state index in [-0.39, 0.29) is 11.8 Å². The minimum Gasteiger partial charge on any atom is -0.486 e. The molecule has 0 aliphatic carbocycles. The maximum Gasteiger partial charge on any atom is 0.265 e. The van der Waals surface area contributed by atoms with Crippen molar-refractivity contribution in [3.05, 3.63) is 74.9 Å². The Kier molecular flexibility index (Phi) is 5.69. The van der Waals surface area contributed by atoms with Crippen LogP contribution in [-0.2, 0) is 6.54 Å². The van der Waals surface area contributed by atoms with Gasteiger partial charge in [-0.05, 0) is 47.3 Å². The molecule has 0 bridgehead atoms. The third kappa shape index (κ3) is 4.52. The molecule has 4 rings (SSSR count). The number of amides is 2. The highest BCUT2D eigenvalue weighted by Crippen LogP contribution is 2.30. The lowest BCUT2D eigenvalue weighted by Gasteiger charge is -2.19. The number of halogens is 1. The van der Waals surface area contributed by atoms with Crippen LogP contribution in [0, 0.1) is 0 Å². The van der Waals surface area contributed by atoms with E-state index in [0.29, 0.717) is 52.4 Å². The monoisotopic (exact) mass is 428 g/mol. The molecule has 1 aliphatic rings. The first-order chi connectivity index (χ1) is 14.1. The van der Waals surface area contributed by atoms with Crippen LogP contribution < -0.4 is 20.1 Å². The Labute approximate surface area is 176 Å². The predicted molar refractivity (Wildman–Crippen MR) is 112 cm³/mol. The molecule has 0 unspecified atom stereocenters. The van der Waals surface area contributed by atoms with Gasteiger partial charge in [0.15, 0.2) is 11.5 Å². The van der Waals surface area contributed by atoms with Crippen molar-refractivity contribution < 1.29 is 19.1 Å². The van der Waals surface area contributed by atoms with Gasteiger partial charge in [-0.25, -0.2) is 0 Å². The lowest BCUT2D eigenvalue weighted by Crippen LogP contribution is -2.23. The summed E-state index contributed by atoms with van der Waals surface area (Å²) in [5, 5.41) is 7.78. The van der Waals surface area contributed by atoms with E-state index in [2.05, 4.69) is 10.6 Å². The number of nitrogens with one attached hydrogen (secondary N) is 2. The first-order valence-corrected chi connectivity index (χ1v) is 10.2. The van der Waals surface area contributed by atoms with Gasteiger partial charge in [-0.15, -0.1) is 11.3 Å². The van der Waals surface area contributed by atoms with Crippen LogP contribution in [0.5, 0.6) is 11.5 Å². The topological polar surface area (TPSA) is 76.7 Å². The Balaban J connectivity index is 1.43. The summed E-state index contributed by atoms with van der Waals surface area (Å²) < 4.78 is 11.1. The lowest BCUT2D eigenvalue weighted by molar-refractivity contribution is 0.0949. The standard InChI is InChI=1S/C21H17ClN2O4S/c22-15-5-4-14(11-16(15)24-21(26)19-2-1-9-29-19)20(25)23-12-13-3-6-17-18(10-13)28-8-7-27-17/h1-6,9-11H,7-8,12H2,(H,23,25)(H,24,26). The number of anilines is 1. The number of benzene rings is 2. The van der Waals surface area contributed by atoms with Crippen LogP contribution in [0.3, 0.4) is 0 Å². The molecular formula is C21H17ClN2O4S. The number of rotatable bonds is 5. The lowest BCUT2D eigenvalue weighted by atomic mass is 10.1. The van der Waals surface area contributed by atoms with Crippen LogP contribution in [0.4, 0.5) is 5.69 Å². The SMILES string of the molecule is O=C(NCc1ccc2c(c1)OCCO2)c1ccc(Cl)c(NC(=O)c2cccs2)c1. The second-order valence-electron chi connectivity index (χ2n) is 6.29. The van der Waals surface area contributed by atoms with E-state index in [1.54, 1.807) is 30.3 Å². The molecule has 0 atom stereocenters. The summed E-state index contributed by atoms with van der Waals surface area (Å²) >= 11 is 7.51. The highest BCUT2D eigenvalue weighted by molar-refractivity contribution is 7.12. The smallest absolute Gasteiger partial charge is 0.265 e. The van der Waals surface area contributed by atoms with Gasteiger partial charge in [0.1, 0.15) is 13.2 Å². The number of hydrogen-bond donors (Lipinski definition) is 2. The fourth-order valence-electron chi connectivity index (χ4n) is 2.84. The molecule has 0 fully saturated rings. The molecule has 2 amide bonds. The number of hydrogen-bond acceptors (Lipinski definition) is 5. The third-order valence-electron chi connectivity index (χ3n) is 4.28. The van der Waals surface area contributed by atoms with Crippen molar-refractivity contribution in [2.75, 3.05) is 18.5 Å². The van der Waals surface area contributed by atoms with Crippen LogP contribution in [0.1, 0.15) is 25.6 Å². The third-order valence-corrected chi connectivity index (χ3v) is 5.48. The van der Waals surface area contributed by atoms with Crippen molar-refractivity contribution in [3.8, 4) is 11.5 Å². The van der Waals surface area contributed by atoms with Crippen LogP contribution in [0.15, 0.2) is 53.9 Å². The van der Waals surface area contributed by atoms with Crippen LogP contribution in [0.2, 0.25) is 5.02 Å². The largest absolute Gasteiger partial charge is 0.486 e. The van der Waals surface area contributed by atoms with E-state index in [0.717, 1.165) is 5.56 Å². The molecule has 1 aromatic heterocycles.